The van der Waals surface area contributed by atoms with Gasteiger partial charge in [-0.05, 0) is 90.8 Å². The second-order valence-corrected chi connectivity index (χ2v) is 15.6. The van der Waals surface area contributed by atoms with Crippen LogP contribution < -0.4 is 5.32 Å². The van der Waals surface area contributed by atoms with E-state index in [1.54, 1.807) is 0 Å². The third-order valence-electron chi connectivity index (χ3n) is 9.98. The van der Waals surface area contributed by atoms with Gasteiger partial charge in [0.2, 0.25) is 0 Å². The average molecular weight is 756 g/mol. The fraction of sp³-hybridized carbons (Fsp3) is 0.543. The number of rotatable bonds is 9. The van der Waals surface area contributed by atoms with E-state index in [4.69, 9.17) is 16.6 Å². The zero-order chi connectivity index (χ0) is 32.5. The molecule has 3 aromatic rings. The van der Waals surface area contributed by atoms with E-state index in [-0.39, 0.29) is 29.8 Å². The van der Waals surface area contributed by atoms with E-state index in [9.17, 15) is 9.59 Å². The molecule has 1 aliphatic heterocycles. The first-order chi connectivity index (χ1) is 22.0. The normalized spacial score (nSPS) is 23.7. The Morgan fingerprint density at radius 2 is 1.89 bits per heavy atom. The molecule has 2 aliphatic carbocycles. The van der Waals surface area contributed by atoms with Crippen molar-refractivity contribution in [2.45, 2.75) is 101 Å². The smallest absolute Gasteiger partial charge is 0.275 e. The largest absolute Gasteiger partial charge is 0.345 e. The molecule has 2 N–H and O–H groups in total. The number of benzene rings is 2. The number of nitrogens with one attached hydrogen (secondary N) is 2. The number of nitrogens with zero attached hydrogens (tertiary/aromatic N) is 5. The molecule has 0 radical (unpaired) electrons. The van der Waals surface area contributed by atoms with Gasteiger partial charge in [-0.3, -0.25) is 14.6 Å². The summed E-state index contributed by atoms with van der Waals surface area (Å²) in [4.78, 5) is 35.4. The van der Waals surface area contributed by atoms with Crippen molar-refractivity contribution < 1.29 is 9.59 Å². The third-order valence-corrected chi connectivity index (χ3v) is 11.1. The van der Waals surface area contributed by atoms with Gasteiger partial charge in [-0.1, -0.05) is 98.0 Å². The second kappa shape index (κ2) is 13.7. The quantitative estimate of drug-likeness (QED) is 0.172. The van der Waals surface area contributed by atoms with Crippen molar-refractivity contribution in [2.75, 3.05) is 0 Å². The number of aromatic nitrogens is 4. The molecule has 1 spiro atoms. The van der Waals surface area contributed by atoms with Gasteiger partial charge in [0, 0.05) is 20.6 Å². The van der Waals surface area contributed by atoms with Gasteiger partial charge in [-0.15, -0.1) is 10.2 Å². The molecule has 2 amide bonds. The topological polar surface area (TPSA) is 116 Å². The first kappa shape index (κ1) is 33.1. The van der Waals surface area contributed by atoms with Crippen molar-refractivity contribution in [1.82, 2.24) is 30.8 Å². The van der Waals surface area contributed by atoms with Crippen LogP contribution in [0.4, 0.5) is 0 Å². The van der Waals surface area contributed by atoms with Crippen LogP contribution in [0.25, 0.3) is 0 Å². The Morgan fingerprint density at radius 1 is 1.13 bits per heavy atom. The van der Waals surface area contributed by atoms with Gasteiger partial charge in [0.15, 0.2) is 5.82 Å². The lowest BCUT2D eigenvalue weighted by molar-refractivity contribution is -0.135. The number of halogens is 2. The first-order valence-corrected chi connectivity index (χ1v) is 18.4. The fourth-order valence-electron chi connectivity index (χ4n) is 7.68. The molecule has 2 heterocycles. The number of carbonyl (C=O) groups is 2. The number of amides is 2. The summed E-state index contributed by atoms with van der Waals surface area (Å²) in [6.45, 7) is 6.92. The lowest BCUT2D eigenvalue weighted by Crippen LogP contribution is -2.53. The first-order valence-electron chi connectivity index (χ1n) is 16.4. The molecule has 6 rings (SSSR count). The number of fused-ring (bicyclic) bond motifs is 1. The number of aliphatic imine (C=N–C) groups is 1. The van der Waals surface area contributed by atoms with Crippen LogP contribution in [-0.2, 0) is 15.8 Å². The van der Waals surface area contributed by atoms with E-state index in [2.05, 4.69) is 80.3 Å². The van der Waals surface area contributed by atoms with E-state index in [0.717, 1.165) is 53.2 Å². The molecule has 2 aromatic carbocycles. The zero-order valence-electron chi connectivity index (χ0n) is 26.9. The molecule has 9 nitrogen and oxygen atoms in total. The molecular formula is C35H43ClIN7O2. The van der Waals surface area contributed by atoms with Crippen molar-refractivity contribution in [2.24, 2.45) is 22.2 Å². The summed E-state index contributed by atoms with van der Waals surface area (Å²) in [5, 5.41) is 17.2. The van der Waals surface area contributed by atoms with E-state index in [1.807, 2.05) is 36.4 Å². The minimum atomic E-state index is -0.596. The number of aromatic amines is 1. The lowest BCUT2D eigenvalue weighted by atomic mass is 9.67. The summed E-state index contributed by atoms with van der Waals surface area (Å²) in [5.74, 6) is 1.46. The van der Waals surface area contributed by atoms with Crippen LogP contribution in [0, 0.1) is 17.3 Å². The maximum Gasteiger partial charge on any atom is 0.275 e. The van der Waals surface area contributed by atoms with Crippen LogP contribution in [-0.4, -0.2) is 48.7 Å². The van der Waals surface area contributed by atoms with Crippen molar-refractivity contribution >= 4 is 51.7 Å². The minimum absolute atomic E-state index is 0.0169. The highest BCUT2D eigenvalue weighted by atomic mass is 127. The van der Waals surface area contributed by atoms with E-state index in [0.29, 0.717) is 34.0 Å². The summed E-state index contributed by atoms with van der Waals surface area (Å²) < 4.78 is 0.800. The maximum absolute atomic E-state index is 14.8. The number of hydrogen-bond donors (Lipinski definition) is 2. The van der Waals surface area contributed by atoms with Crippen molar-refractivity contribution in [3.05, 3.63) is 75.6 Å². The molecule has 3 aliphatic rings. The van der Waals surface area contributed by atoms with Gasteiger partial charge in [0.05, 0.1) is 12.6 Å². The summed E-state index contributed by atoms with van der Waals surface area (Å²) in [7, 11) is 0. The monoisotopic (exact) mass is 755 g/mol. The van der Waals surface area contributed by atoms with Crippen LogP contribution in [0.15, 0.2) is 47.5 Å². The van der Waals surface area contributed by atoms with Gasteiger partial charge in [0.25, 0.3) is 11.8 Å². The molecular weight excluding hydrogens is 713 g/mol. The number of hydrogen-bond acceptors (Lipinski definition) is 6. The Labute approximate surface area is 289 Å². The molecule has 4 atom stereocenters. The van der Waals surface area contributed by atoms with Crippen molar-refractivity contribution in [3.63, 3.8) is 0 Å². The van der Waals surface area contributed by atoms with Gasteiger partial charge < -0.3 is 10.2 Å². The Bertz CT molecular complexity index is 1590. The van der Waals surface area contributed by atoms with Crippen molar-refractivity contribution in [1.29, 1.82) is 0 Å². The van der Waals surface area contributed by atoms with Crippen LogP contribution in [0.5, 0.6) is 0 Å². The molecule has 244 valence electrons. The molecule has 11 heteroatoms. The summed E-state index contributed by atoms with van der Waals surface area (Å²) in [5.41, 5.74) is 3.46. The molecule has 0 saturated heterocycles. The third kappa shape index (κ3) is 7.17. The highest BCUT2D eigenvalue weighted by Crippen LogP contribution is 2.52. The second-order valence-electron chi connectivity index (χ2n) is 14.4. The highest BCUT2D eigenvalue weighted by molar-refractivity contribution is 14.1. The standard InChI is InChI=1S/C35H43ClIN7O2/c1-34(2,3)14-13-29(24-8-10-25(11-9-24)32(45)38-21-30-40-42-43-41-30)44-33(46)31(27-16-22(20-37)17-28(36)18-27)39-35(44)15-12-23-6-4-5-7-26(23)19-35/h8-11,16-18,23,26,29H,4-7,12-15,19-21H2,1-3H3,(H,38,45)(H,40,41,42,43)/t23?,26?,29-,35?/m1/s1. The van der Waals surface area contributed by atoms with E-state index < -0.39 is 5.66 Å². The molecule has 3 unspecified atom stereocenters. The molecule has 1 aromatic heterocycles. The maximum atomic E-state index is 14.8. The Hall–Kier alpha value is -2.86. The highest BCUT2D eigenvalue weighted by Gasteiger charge is 2.54. The van der Waals surface area contributed by atoms with Crippen LogP contribution in [0.2, 0.25) is 5.02 Å². The molecule has 0 bridgehead atoms. The molecule has 2 fully saturated rings. The van der Waals surface area contributed by atoms with Gasteiger partial charge in [-0.2, -0.15) is 5.21 Å². The number of carbonyl (C=O) groups excluding carboxylic acids is 2. The average Bonchev–Trinajstić information content (AvgIpc) is 3.66. The summed E-state index contributed by atoms with van der Waals surface area (Å²) >= 11 is 8.92. The van der Waals surface area contributed by atoms with E-state index >= 15 is 0 Å². The van der Waals surface area contributed by atoms with Gasteiger partial charge in [0.1, 0.15) is 11.4 Å². The predicted molar refractivity (Wildman–Crippen MR) is 188 cm³/mol. The summed E-state index contributed by atoms with van der Waals surface area (Å²) in [6, 6.07) is 13.5. The van der Waals surface area contributed by atoms with Gasteiger partial charge in [-0.25, -0.2) is 0 Å². The molecule has 46 heavy (non-hydrogen) atoms. The van der Waals surface area contributed by atoms with Crippen LogP contribution in [0.3, 0.4) is 0 Å². The number of H-pyrrole nitrogens is 1. The molecule has 2 saturated carbocycles. The fourth-order valence-corrected chi connectivity index (χ4v) is 8.38. The Morgan fingerprint density at radius 3 is 2.59 bits per heavy atom. The summed E-state index contributed by atoms with van der Waals surface area (Å²) in [6.07, 6.45) is 9.62. The van der Waals surface area contributed by atoms with Crippen molar-refractivity contribution in [3.8, 4) is 0 Å². The minimum Gasteiger partial charge on any atom is -0.345 e. The zero-order valence-corrected chi connectivity index (χ0v) is 29.8. The Balaban J connectivity index is 1.37. The van der Waals surface area contributed by atoms with Crippen LogP contribution in [0.1, 0.15) is 117 Å². The lowest BCUT2D eigenvalue weighted by Gasteiger charge is -2.49. The predicted octanol–water partition coefficient (Wildman–Crippen LogP) is 7.60. The number of tetrazole rings is 1. The van der Waals surface area contributed by atoms with Gasteiger partial charge >= 0.3 is 0 Å². The van der Waals surface area contributed by atoms with E-state index in [1.165, 1.54) is 25.7 Å². The Kier molecular flexibility index (Phi) is 9.85. The van der Waals surface area contributed by atoms with Crippen LogP contribution >= 0.6 is 34.2 Å². The SMILES string of the molecule is CC(C)(C)CC[C@H](c1ccc(C(=O)NCc2nn[nH]n2)cc1)N1C(=O)C(c2cc(Cl)cc(CI)c2)=NC12CCC1CCCCC1C2. The number of alkyl halides is 1.